The molecule has 0 aliphatic carbocycles. The topological polar surface area (TPSA) is 72.8 Å². The van der Waals surface area contributed by atoms with E-state index in [4.69, 9.17) is 4.74 Å². The van der Waals surface area contributed by atoms with Crippen LogP contribution in [0.15, 0.2) is 0 Å². The van der Waals surface area contributed by atoms with Gasteiger partial charge in [-0.3, -0.25) is 4.79 Å². The SMILES string of the molecule is CCCCCCCC(O)CCC(=O)OCCN([O-])CCCC. The number of nitrogens with zero attached hydrogens (tertiary/aromatic N) is 1. The highest BCUT2D eigenvalue weighted by Crippen LogP contribution is 2.10. The standard InChI is InChI=1S/C17H34NO4/c1-3-5-7-8-9-10-16(19)11-12-17(20)22-15-14-18(21)13-6-4-2/h16,19H,3-15H2,1-2H3/q-1. The van der Waals surface area contributed by atoms with E-state index in [1.807, 2.05) is 6.92 Å². The molecule has 0 amide bonds. The maximum Gasteiger partial charge on any atom is 0.305 e. The number of unbranched alkanes of at least 4 members (excludes halogenated alkanes) is 5. The molecule has 0 fully saturated rings. The second-order valence-electron chi connectivity index (χ2n) is 5.90. The second kappa shape index (κ2) is 15.3. The molecule has 0 rings (SSSR count). The summed E-state index contributed by atoms with van der Waals surface area (Å²) in [5.74, 6) is -0.325. The summed E-state index contributed by atoms with van der Waals surface area (Å²) in [4.78, 5) is 11.5. The van der Waals surface area contributed by atoms with E-state index >= 15 is 0 Å². The van der Waals surface area contributed by atoms with Gasteiger partial charge >= 0.3 is 5.97 Å². The Hall–Kier alpha value is -0.650. The number of hydroxylamine groups is 2. The molecule has 0 aliphatic rings. The number of carbonyl (C=O) groups excluding carboxylic acids is 1. The summed E-state index contributed by atoms with van der Waals surface area (Å²) >= 11 is 0. The molecule has 22 heavy (non-hydrogen) atoms. The van der Waals surface area contributed by atoms with Crippen molar-refractivity contribution in [3.63, 3.8) is 0 Å². The molecule has 0 spiro atoms. The summed E-state index contributed by atoms with van der Waals surface area (Å²) in [5, 5.41) is 22.1. The van der Waals surface area contributed by atoms with E-state index in [1.165, 1.54) is 19.3 Å². The minimum atomic E-state index is -0.422. The van der Waals surface area contributed by atoms with Gasteiger partial charge in [0.2, 0.25) is 0 Å². The number of hydrogen-bond donors (Lipinski definition) is 1. The van der Waals surface area contributed by atoms with Crippen LogP contribution in [0.1, 0.15) is 78.1 Å². The third kappa shape index (κ3) is 14.3. The van der Waals surface area contributed by atoms with Gasteiger partial charge in [-0.15, -0.1) is 0 Å². The predicted molar refractivity (Wildman–Crippen MR) is 89.4 cm³/mol. The van der Waals surface area contributed by atoms with E-state index in [2.05, 4.69) is 6.92 Å². The van der Waals surface area contributed by atoms with Gasteiger partial charge in [-0.1, -0.05) is 52.4 Å². The molecule has 0 aromatic carbocycles. The summed E-state index contributed by atoms with van der Waals surface area (Å²) in [6.07, 6.45) is 8.69. The number of esters is 1. The van der Waals surface area contributed by atoms with Gasteiger partial charge in [0, 0.05) is 13.0 Å². The fourth-order valence-corrected chi connectivity index (χ4v) is 2.19. The van der Waals surface area contributed by atoms with E-state index in [0.29, 0.717) is 13.0 Å². The molecule has 0 bridgehead atoms. The molecule has 0 aliphatic heterocycles. The first-order valence-electron chi connectivity index (χ1n) is 8.85. The zero-order valence-corrected chi connectivity index (χ0v) is 14.4. The van der Waals surface area contributed by atoms with Crippen molar-refractivity contribution in [2.24, 2.45) is 0 Å². The molecular weight excluding hydrogens is 282 g/mol. The normalized spacial score (nSPS) is 12.6. The molecule has 5 heteroatoms. The van der Waals surface area contributed by atoms with Gasteiger partial charge in [0.25, 0.3) is 0 Å². The highest BCUT2D eigenvalue weighted by molar-refractivity contribution is 5.69. The first-order chi connectivity index (χ1) is 10.6. The van der Waals surface area contributed by atoms with Crippen LogP contribution in [0.4, 0.5) is 0 Å². The van der Waals surface area contributed by atoms with E-state index in [0.717, 1.165) is 37.2 Å². The molecule has 132 valence electrons. The lowest BCUT2D eigenvalue weighted by Crippen LogP contribution is -2.24. The minimum Gasteiger partial charge on any atom is -0.785 e. The highest BCUT2D eigenvalue weighted by atomic mass is 16.5. The van der Waals surface area contributed by atoms with Crippen molar-refractivity contribution in [3.05, 3.63) is 5.21 Å². The van der Waals surface area contributed by atoms with E-state index < -0.39 is 6.10 Å². The summed E-state index contributed by atoms with van der Waals surface area (Å²) in [6, 6.07) is 0. The van der Waals surface area contributed by atoms with Gasteiger partial charge in [-0.05, 0) is 25.8 Å². The third-order valence-corrected chi connectivity index (χ3v) is 3.69. The number of carbonyl (C=O) groups is 1. The van der Waals surface area contributed by atoms with Crippen LogP contribution in [-0.2, 0) is 9.53 Å². The molecule has 0 aromatic heterocycles. The van der Waals surface area contributed by atoms with Crippen LogP contribution < -0.4 is 0 Å². The van der Waals surface area contributed by atoms with Crippen LogP contribution in [-0.4, -0.2) is 41.9 Å². The minimum absolute atomic E-state index is 0.138. The van der Waals surface area contributed by atoms with Crippen LogP contribution >= 0.6 is 0 Å². The van der Waals surface area contributed by atoms with Gasteiger partial charge in [-0.2, -0.15) is 0 Å². The molecule has 0 heterocycles. The Labute approximate surface area is 135 Å². The molecule has 0 aromatic rings. The number of aliphatic hydroxyl groups excluding tert-OH is 1. The van der Waals surface area contributed by atoms with Crippen LogP contribution in [0.5, 0.6) is 0 Å². The van der Waals surface area contributed by atoms with Gasteiger partial charge in [0.15, 0.2) is 0 Å². The van der Waals surface area contributed by atoms with Gasteiger partial charge in [0.05, 0.1) is 6.10 Å². The van der Waals surface area contributed by atoms with E-state index in [9.17, 15) is 15.1 Å². The van der Waals surface area contributed by atoms with Crippen molar-refractivity contribution in [2.45, 2.75) is 84.2 Å². The van der Waals surface area contributed by atoms with Gasteiger partial charge < -0.3 is 20.1 Å². The molecule has 1 atom stereocenters. The number of hydrogen-bond acceptors (Lipinski definition) is 5. The molecular formula is C17H34NO4-. The van der Waals surface area contributed by atoms with Crippen LogP contribution in [0, 0.1) is 5.21 Å². The number of ether oxygens (including phenoxy) is 1. The van der Waals surface area contributed by atoms with E-state index in [-0.39, 0.29) is 25.5 Å². The molecule has 5 nitrogen and oxygen atoms in total. The summed E-state index contributed by atoms with van der Waals surface area (Å²) in [7, 11) is 0. The lowest BCUT2D eigenvalue weighted by Gasteiger charge is -2.27. The molecule has 1 N–H and O–H groups in total. The Bertz CT molecular complexity index is 261. The zero-order valence-electron chi connectivity index (χ0n) is 14.4. The average Bonchev–Trinajstić information content (AvgIpc) is 2.50. The summed E-state index contributed by atoms with van der Waals surface area (Å²) < 4.78 is 5.01. The first-order valence-corrected chi connectivity index (χ1v) is 8.85. The van der Waals surface area contributed by atoms with Gasteiger partial charge in [0.1, 0.15) is 6.61 Å². The molecule has 0 radical (unpaired) electrons. The Morgan fingerprint density at radius 3 is 2.41 bits per heavy atom. The van der Waals surface area contributed by atoms with Crippen LogP contribution in [0.3, 0.4) is 0 Å². The maximum atomic E-state index is 11.5. The summed E-state index contributed by atoms with van der Waals surface area (Å²) in [6.45, 7) is 5.06. The third-order valence-electron chi connectivity index (χ3n) is 3.69. The average molecular weight is 316 g/mol. The van der Waals surface area contributed by atoms with E-state index in [1.54, 1.807) is 0 Å². The lowest BCUT2D eigenvalue weighted by atomic mass is 10.1. The van der Waals surface area contributed by atoms with Crippen molar-refractivity contribution >= 4 is 5.97 Å². The molecule has 0 saturated heterocycles. The van der Waals surface area contributed by atoms with Crippen molar-refractivity contribution in [3.8, 4) is 0 Å². The van der Waals surface area contributed by atoms with Gasteiger partial charge in [-0.25, -0.2) is 0 Å². The summed E-state index contributed by atoms with van der Waals surface area (Å²) in [5.41, 5.74) is 0. The smallest absolute Gasteiger partial charge is 0.305 e. The quantitative estimate of drug-likeness (QED) is 0.284. The van der Waals surface area contributed by atoms with Crippen molar-refractivity contribution < 1.29 is 14.6 Å². The van der Waals surface area contributed by atoms with Crippen molar-refractivity contribution in [1.82, 2.24) is 5.06 Å². The fourth-order valence-electron chi connectivity index (χ4n) is 2.19. The Balaban J connectivity index is 3.47. The Kier molecular flexibility index (Phi) is 14.8. The molecule has 0 saturated carbocycles. The second-order valence-corrected chi connectivity index (χ2v) is 5.90. The van der Waals surface area contributed by atoms with Crippen LogP contribution in [0.25, 0.3) is 0 Å². The predicted octanol–water partition coefficient (Wildman–Crippen LogP) is 3.63. The highest BCUT2D eigenvalue weighted by Gasteiger charge is 2.09. The largest absolute Gasteiger partial charge is 0.785 e. The Morgan fingerprint density at radius 2 is 1.73 bits per heavy atom. The first kappa shape index (κ1) is 21.4. The van der Waals surface area contributed by atoms with Crippen molar-refractivity contribution in [2.75, 3.05) is 19.7 Å². The Morgan fingerprint density at radius 1 is 1.05 bits per heavy atom. The fraction of sp³-hybridized carbons (Fsp3) is 0.941. The maximum absolute atomic E-state index is 11.5. The monoisotopic (exact) mass is 316 g/mol. The van der Waals surface area contributed by atoms with Crippen molar-refractivity contribution in [1.29, 1.82) is 0 Å². The number of rotatable bonds is 15. The zero-order chi connectivity index (χ0) is 16.6. The number of aliphatic hydroxyl groups is 1. The lowest BCUT2D eigenvalue weighted by molar-refractivity contribution is -0.144. The van der Waals surface area contributed by atoms with Crippen LogP contribution in [0.2, 0.25) is 0 Å². The molecule has 1 unspecified atom stereocenters.